The second kappa shape index (κ2) is 5.00. The summed E-state index contributed by atoms with van der Waals surface area (Å²) in [6.45, 7) is 1.27. The van der Waals surface area contributed by atoms with Crippen LogP contribution in [0.2, 0.25) is 0 Å². The number of benzene rings is 1. The maximum Gasteiger partial charge on any atom is 0.260 e. The molecular weight excluding hydrogens is 222 g/mol. The molecule has 1 aromatic carbocycles. The molecule has 1 aliphatic heterocycles. The lowest BCUT2D eigenvalue weighted by Crippen LogP contribution is -2.41. The van der Waals surface area contributed by atoms with E-state index in [1.807, 2.05) is 36.2 Å². The summed E-state index contributed by atoms with van der Waals surface area (Å²) in [6.07, 6.45) is 0.615. The van der Waals surface area contributed by atoms with Gasteiger partial charge in [-0.3, -0.25) is 4.90 Å². The number of halogens is 2. The van der Waals surface area contributed by atoms with Crippen molar-refractivity contribution < 1.29 is 8.78 Å². The molecule has 1 aromatic rings. The lowest BCUT2D eigenvalue weighted by molar-refractivity contribution is -0.0661. The summed E-state index contributed by atoms with van der Waals surface area (Å²) in [5.74, 6) is -2.51. The Labute approximate surface area is 101 Å². The molecule has 0 atom stereocenters. The van der Waals surface area contributed by atoms with Gasteiger partial charge in [-0.1, -0.05) is 12.1 Å². The number of hydrogen-bond acceptors (Lipinski definition) is 2. The minimum atomic E-state index is -2.51. The Balaban J connectivity index is 1.95. The zero-order valence-electron chi connectivity index (χ0n) is 10.0. The van der Waals surface area contributed by atoms with Gasteiger partial charge in [-0.2, -0.15) is 0 Å². The molecule has 4 heteroatoms. The van der Waals surface area contributed by atoms with Crippen LogP contribution in [-0.2, 0) is 6.54 Å². The average molecular weight is 240 g/mol. The van der Waals surface area contributed by atoms with E-state index in [4.69, 9.17) is 0 Å². The van der Waals surface area contributed by atoms with Crippen molar-refractivity contribution in [2.24, 2.45) is 0 Å². The van der Waals surface area contributed by atoms with Crippen LogP contribution < -0.4 is 5.32 Å². The smallest absolute Gasteiger partial charge is 0.260 e. The van der Waals surface area contributed by atoms with E-state index >= 15 is 0 Å². The van der Waals surface area contributed by atoms with Gasteiger partial charge >= 0.3 is 0 Å². The summed E-state index contributed by atoms with van der Waals surface area (Å²) in [5.41, 5.74) is 2.12. The van der Waals surface area contributed by atoms with Gasteiger partial charge in [0.05, 0.1) is 6.54 Å². The van der Waals surface area contributed by atoms with Gasteiger partial charge in [-0.05, 0) is 30.7 Å². The fraction of sp³-hybridized carbons (Fsp3) is 0.538. The monoisotopic (exact) mass is 240 g/mol. The predicted octanol–water partition coefficient (Wildman–Crippen LogP) is 2.96. The molecule has 1 heterocycles. The Kier molecular flexibility index (Phi) is 3.62. The molecule has 94 valence electrons. The molecule has 1 saturated heterocycles. The van der Waals surface area contributed by atoms with E-state index in [9.17, 15) is 8.78 Å². The molecular formula is C13H18F2N2. The molecule has 1 N–H and O–H groups in total. The minimum absolute atomic E-state index is 0.0300. The van der Waals surface area contributed by atoms with E-state index in [0.717, 1.165) is 17.8 Å². The molecule has 17 heavy (non-hydrogen) atoms. The van der Waals surface area contributed by atoms with Crippen LogP contribution in [0.4, 0.5) is 14.5 Å². The van der Waals surface area contributed by atoms with Gasteiger partial charge in [-0.25, -0.2) is 8.78 Å². The van der Waals surface area contributed by atoms with Crippen molar-refractivity contribution in [1.29, 1.82) is 0 Å². The summed E-state index contributed by atoms with van der Waals surface area (Å²) in [5, 5.41) is 3.04. The first-order valence-electron chi connectivity index (χ1n) is 5.96. The third-order valence-corrected chi connectivity index (χ3v) is 3.12. The van der Waals surface area contributed by atoms with E-state index < -0.39 is 5.92 Å². The van der Waals surface area contributed by atoms with Crippen molar-refractivity contribution in [1.82, 2.24) is 4.90 Å². The summed E-state index contributed by atoms with van der Waals surface area (Å²) < 4.78 is 26.4. The van der Waals surface area contributed by atoms with Crippen molar-refractivity contribution in [3.05, 3.63) is 29.8 Å². The molecule has 1 aliphatic rings. The minimum Gasteiger partial charge on any atom is -0.388 e. The number of hydrogen-bond donors (Lipinski definition) is 1. The lowest BCUT2D eigenvalue weighted by Gasteiger charge is -2.32. The fourth-order valence-corrected chi connectivity index (χ4v) is 2.22. The first-order valence-corrected chi connectivity index (χ1v) is 5.96. The largest absolute Gasteiger partial charge is 0.388 e. The summed E-state index contributed by atoms with van der Waals surface area (Å²) in [4.78, 5) is 1.83. The van der Waals surface area contributed by atoms with E-state index in [0.29, 0.717) is 13.0 Å². The fourth-order valence-electron chi connectivity index (χ4n) is 2.22. The van der Waals surface area contributed by atoms with Crippen molar-refractivity contribution in [3.63, 3.8) is 0 Å². The molecule has 0 unspecified atom stereocenters. The molecule has 0 amide bonds. The number of piperidine rings is 1. The van der Waals surface area contributed by atoms with Crippen LogP contribution in [0.3, 0.4) is 0 Å². The van der Waals surface area contributed by atoms with Gasteiger partial charge < -0.3 is 5.32 Å². The standard InChI is InChI=1S/C13H18F2N2/c1-16-12-5-3-11(4-6-12)9-17-8-2-7-13(14,15)10-17/h3-6,16H,2,7-10H2,1H3. The van der Waals surface area contributed by atoms with E-state index in [1.165, 1.54) is 0 Å². The molecule has 0 aromatic heterocycles. The normalized spacial score (nSPS) is 20.2. The Bertz CT molecular complexity index is 362. The van der Waals surface area contributed by atoms with Gasteiger partial charge in [-0.15, -0.1) is 0 Å². The topological polar surface area (TPSA) is 15.3 Å². The van der Waals surface area contributed by atoms with Crippen LogP contribution in [0.1, 0.15) is 18.4 Å². The number of nitrogens with one attached hydrogen (secondary N) is 1. The molecule has 0 aliphatic carbocycles. The maximum absolute atomic E-state index is 13.2. The van der Waals surface area contributed by atoms with Crippen LogP contribution in [0, 0.1) is 0 Å². The van der Waals surface area contributed by atoms with Crippen molar-refractivity contribution >= 4 is 5.69 Å². The average Bonchev–Trinajstić information content (AvgIpc) is 2.29. The van der Waals surface area contributed by atoms with E-state index in [2.05, 4.69) is 5.32 Å². The van der Waals surface area contributed by atoms with Gasteiger partial charge in [0, 0.05) is 25.7 Å². The molecule has 0 spiro atoms. The van der Waals surface area contributed by atoms with Gasteiger partial charge in [0.25, 0.3) is 5.92 Å². The highest BCUT2D eigenvalue weighted by molar-refractivity contribution is 5.43. The summed E-state index contributed by atoms with van der Waals surface area (Å²) in [6, 6.07) is 7.91. The second-order valence-corrected chi connectivity index (χ2v) is 4.62. The highest BCUT2D eigenvalue weighted by atomic mass is 19.3. The Hall–Kier alpha value is -1.16. The van der Waals surface area contributed by atoms with Crippen LogP contribution >= 0.6 is 0 Å². The van der Waals surface area contributed by atoms with Crippen molar-refractivity contribution in [3.8, 4) is 0 Å². The maximum atomic E-state index is 13.2. The zero-order valence-corrected chi connectivity index (χ0v) is 10.0. The summed E-state index contributed by atoms with van der Waals surface area (Å²) in [7, 11) is 1.86. The third kappa shape index (κ3) is 3.40. The van der Waals surface area contributed by atoms with Gasteiger partial charge in [0.15, 0.2) is 0 Å². The first-order chi connectivity index (χ1) is 8.09. The Morgan fingerprint density at radius 3 is 2.59 bits per heavy atom. The van der Waals surface area contributed by atoms with Crippen LogP contribution in [-0.4, -0.2) is 31.0 Å². The zero-order chi connectivity index (χ0) is 12.3. The first kappa shape index (κ1) is 12.3. The van der Waals surface area contributed by atoms with Crippen LogP contribution in [0.25, 0.3) is 0 Å². The Morgan fingerprint density at radius 2 is 2.00 bits per heavy atom. The number of rotatable bonds is 3. The van der Waals surface area contributed by atoms with E-state index in [1.54, 1.807) is 0 Å². The molecule has 0 bridgehead atoms. The SMILES string of the molecule is CNc1ccc(CN2CCCC(F)(F)C2)cc1. The molecule has 0 radical (unpaired) electrons. The van der Waals surface area contributed by atoms with Crippen LogP contribution in [0.5, 0.6) is 0 Å². The van der Waals surface area contributed by atoms with Crippen LogP contribution in [0.15, 0.2) is 24.3 Å². The van der Waals surface area contributed by atoms with E-state index in [-0.39, 0.29) is 13.0 Å². The number of likely N-dealkylation sites (tertiary alicyclic amines) is 1. The number of nitrogens with zero attached hydrogens (tertiary/aromatic N) is 1. The molecule has 0 saturated carbocycles. The quantitative estimate of drug-likeness (QED) is 0.873. The van der Waals surface area contributed by atoms with Crippen molar-refractivity contribution in [2.45, 2.75) is 25.3 Å². The second-order valence-electron chi connectivity index (χ2n) is 4.62. The highest BCUT2D eigenvalue weighted by Gasteiger charge is 2.34. The summed E-state index contributed by atoms with van der Waals surface area (Å²) >= 11 is 0. The molecule has 2 rings (SSSR count). The molecule has 1 fully saturated rings. The highest BCUT2D eigenvalue weighted by Crippen LogP contribution is 2.27. The third-order valence-electron chi connectivity index (χ3n) is 3.12. The van der Waals surface area contributed by atoms with Gasteiger partial charge in [0.1, 0.15) is 0 Å². The van der Waals surface area contributed by atoms with Gasteiger partial charge in [0.2, 0.25) is 0 Å². The predicted molar refractivity (Wildman–Crippen MR) is 65.4 cm³/mol. The number of alkyl halides is 2. The lowest BCUT2D eigenvalue weighted by atomic mass is 10.1. The van der Waals surface area contributed by atoms with Crippen molar-refractivity contribution in [2.75, 3.05) is 25.5 Å². The molecule has 2 nitrogen and oxygen atoms in total. The number of anilines is 1. The Morgan fingerprint density at radius 1 is 1.29 bits per heavy atom.